The van der Waals surface area contributed by atoms with Crippen LogP contribution in [0.5, 0.6) is 0 Å². The van der Waals surface area contributed by atoms with E-state index in [4.69, 9.17) is 0 Å². The Hall–Kier alpha value is -0.570. The molecule has 0 atom stereocenters. The van der Waals surface area contributed by atoms with Gasteiger partial charge >= 0.3 is 0 Å². The molecule has 0 aromatic carbocycles. The van der Waals surface area contributed by atoms with Gasteiger partial charge in [0.1, 0.15) is 0 Å². The van der Waals surface area contributed by atoms with Gasteiger partial charge in [0, 0.05) is 13.0 Å². The van der Waals surface area contributed by atoms with Gasteiger partial charge in [0.2, 0.25) is 5.91 Å². The molecule has 0 saturated heterocycles. The van der Waals surface area contributed by atoms with Gasteiger partial charge in [0.15, 0.2) is 0 Å². The quantitative estimate of drug-likeness (QED) is 0.461. The molecule has 0 heterocycles. The van der Waals surface area contributed by atoms with Gasteiger partial charge < -0.3 is 10.4 Å². The van der Waals surface area contributed by atoms with Crippen molar-refractivity contribution < 1.29 is 9.90 Å². The van der Waals surface area contributed by atoms with Gasteiger partial charge in [-0.2, -0.15) is 0 Å². The fourth-order valence-corrected chi connectivity index (χ4v) is 2.35. The van der Waals surface area contributed by atoms with Crippen LogP contribution in [0.15, 0.2) is 0 Å². The first kappa shape index (κ1) is 20.4. The number of aliphatic hydroxyl groups is 1. The molecule has 21 heavy (non-hydrogen) atoms. The largest absolute Gasteiger partial charge is 0.389 e. The SMILES string of the molecule is CCCCCCCCCCCCCC(=O)NCC(C)(C)O. The maximum Gasteiger partial charge on any atom is 0.220 e. The fraction of sp³-hybridized carbons (Fsp3) is 0.944. The predicted molar refractivity (Wildman–Crippen MR) is 90.4 cm³/mol. The van der Waals surface area contributed by atoms with E-state index in [2.05, 4.69) is 12.2 Å². The van der Waals surface area contributed by atoms with Gasteiger partial charge in [-0.05, 0) is 20.3 Å². The summed E-state index contributed by atoms with van der Waals surface area (Å²) in [6.45, 7) is 6.00. The van der Waals surface area contributed by atoms with Crippen molar-refractivity contribution in [2.24, 2.45) is 0 Å². The van der Waals surface area contributed by atoms with Crippen molar-refractivity contribution in [3.05, 3.63) is 0 Å². The van der Waals surface area contributed by atoms with Crippen LogP contribution in [-0.2, 0) is 4.79 Å². The first-order valence-electron chi connectivity index (χ1n) is 8.95. The zero-order chi connectivity index (χ0) is 16.0. The summed E-state index contributed by atoms with van der Waals surface area (Å²) in [5, 5.41) is 12.3. The van der Waals surface area contributed by atoms with Gasteiger partial charge in [-0.25, -0.2) is 0 Å². The van der Waals surface area contributed by atoms with Crippen LogP contribution in [0.4, 0.5) is 0 Å². The van der Waals surface area contributed by atoms with Crippen LogP contribution in [0.2, 0.25) is 0 Å². The molecule has 0 aliphatic heterocycles. The minimum absolute atomic E-state index is 0.0630. The van der Waals surface area contributed by atoms with Crippen molar-refractivity contribution in [2.45, 2.75) is 103 Å². The summed E-state index contributed by atoms with van der Waals surface area (Å²) in [6, 6.07) is 0. The average Bonchev–Trinajstić information content (AvgIpc) is 2.42. The number of nitrogens with one attached hydrogen (secondary N) is 1. The number of rotatable bonds is 14. The Labute approximate surface area is 131 Å². The fourth-order valence-electron chi connectivity index (χ4n) is 2.35. The van der Waals surface area contributed by atoms with Crippen molar-refractivity contribution in [1.82, 2.24) is 5.32 Å². The lowest BCUT2D eigenvalue weighted by Crippen LogP contribution is -2.38. The summed E-state index contributed by atoms with van der Waals surface area (Å²) in [7, 11) is 0. The van der Waals surface area contributed by atoms with Gasteiger partial charge in [-0.1, -0.05) is 71.1 Å². The first-order valence-corrected chi connectivity index (χ1v) is 8.95. The lowest BCUT2D eigenvalue weighted by molar-refractivity contribution is -0.122. The second kappa shape index (κ2) is 13.1. The molecular formula is C18H37NO2. The molecule has 0 spiro atoms. The monoisotopic (exact) mass is 299 g/mol. The van der Waals surface area contributed by atoms with Crippen LogP contribution in [0, 0.1) is 0 Å². The van der Waals surface area contributed by atoms with E-state index in [0.29, 0.717) is 13.0 Å². The van der Waals surface area contributed by atoms with Crippen molar-refractivity contribution in [1.29, 1.82) is 0 Å². The van der Waals surface area contributed by atoms with Crippen molar-refractivity contribution >= 4 is 5.91 Å². The molecule has 0 radical (unpaired) electrons. The molecule has 0 aromatic rings. The minimum atomic E-state index is -0.813. The number of hydrogen-bond acceptors (Lipinski definition) is 2. The number of carbonyl (C=O) groups is 1. The predicted octanol–water partition coefficient (Wildman–Crippen LogP) is 4.57. The molecule has 0 saturated carbocycles. The molecule has 0 aliphatic rings. The van der Waals surface area contributed by atoms with Crippen LogP contribution in [0.1, 0.15) is 97.8 Å². The molecule has 3 heteroatoms. The zero-order valence-corrected chi connectivity index (χ0v) is 14.5. The molecule has 0 aliphatic carbocycles. The van der Waals surface area contributed by atoms with E-state index in [1.807, 2.05) is 0 Å². The molecule has 2 N–H and O–H groups in total. The normalized spacial score (nSPS) is 11.6. The molecule has 0 aromatic heterocycles. The third-order valence-corrected chi connectivity index (χ3v) is 3.73. The number of unbranched alkanes of at least 4 members (excludes halogenated alkanes) is 10. The van der Waals surface area contributed by atoms with Crippen LogP contribution in [0.3, 0.4) is 0 Å². The standard InChI is InChI=1S/C18H37NO2/c1-4-5-6-7-8-9-10-11-12-13-14-15-17(20)19-16-18(2,3)21/h21H,4-16H2,1-3H3,(H,19,20). The van der Waals surface area contributed by atoms with Crippen molar-refractivity contribution in [2.75, 3.05) is 6.54 Å². The number of amides is 1. The lowest BCUT2D eigenvalue weighted by atomic mass is 10.1. The topological polar surface area (TPSA) is 49.3 Å². The van der Waals surface area contributed by atoms with Crippen LogP contribution >= 0.6 is 0 Å². The van der Waals surface area contributed by atoms with E-state index in [-0.39, 0.29) is 5.91 Å². The summed E-state index contributed by atoms with van der Waals surface area (Å²) in [4.78, 5) is 11.5. The molecule has 0 bridgehead atoms. The molecular weight excluding hydrogens is 262 g/mol. The summed E-state index contributed by atoms with van der Waals surface area (Å²) in [5.41, 5.74) is -0.813. The van der Waals surface area contributed by atoms with Gasteiger partial charge in [-0.15, -0.1) is 0 Å². The Bertz CT molecular complexity index is 246. The highest BCUT2D eigenvalue weighted by Crippen LogP contribution is 2.11. The Balaban J connectivity index is 3.20. The Kier molecular flexibility index (Phi) is 12.8. The van der Waals surface area contributed by atoms with Crippen LogP contribution < -0.4 is 5.32 Å². The van der Waals surface area contributed by atoms with Crippen LogP contribution in [-0.4, -0.2) is 23.2 Å². The van der Waals surface area contributed by atoms with E-state index in [0.717, 1.165) is 12.8 Å². The summed E-state index contributed by atoms with van der Waals surface area (Å²) in [6.07, 6.45) is 14.9. The van der Waals surface area contributed by atoms with E-state index in [1.165, 1.54) is 57.8 Å². The highest BCUT2D eigenvalue weighted by atomic mass is 16.3. The average molecular weight is 299 g/mol. The Morgan fingerprint density at radius 2 is 1.29 bits per heavy atom. The first-order chi connectivity index (χ1) is 9.95. The smallest absolute Gasteiger partial charge is 0.220 e. The Morgan fingerprint density at radius 1 is 0.857 bits per heavy atom. The zero-order valence-electron chi connectivity index (χ0n) is 14.5. The third-order valence-electron chi connectivity index (χ3n) is 3.73. The number of hydrogen-bond donors (Lipinski definition) is 2. The molecule has 0 unspecified atom stereocenters. The molecule has 126 valence electrons. The van der Waals surface area contributed by atoms with E-state index in [1.54, 1.807) is 13.8 Å². The molecule has 0 fully saturated rings. The van der Waals surface area contributed by atoms with Gasteiger partial charge in [-0.3, -0.25) is 4.79 Å². The van der Waals surface area contributed by atoms with E-state index in [9.17, 15) is 9.90 Å². The van der Waals surface area contributed by atoms with Crippen molar-refractivity contribution in [3.63, 3.8) is 0 Å². The highest BCUT2D eigenvalue weighted by molar-refractivity contribution is 5.75. The summed E-state index contributed by atoms with van der Waals surface area (Å²) < 4.78 is 0. The summed E-state index contributed by atoms with van der Waals surface area (Å²) in [5.74, 6) is 0.0630. The van der Waals surface area contributed by atoms with Crippen molar-refractivity contribution in [3.8, 4) is 0 Å². The van der Waals surface area contributed by atoms with Gasteiger partial charge in [0.25, 0.3) is 0 Å². The second-order valence-electron chi connectivity index (χ2n) is 6.87. The summed E-state index contributed by atoms with van der Waals surface area (Å²) >= 11 is 0. The Morgan fingerprint density at radius 3 is 1.71 bits per heavy atom. The molecule has 1 amide bonds. The minimum Gasteiger partial charge on any atom is -0.389 e. The lowest BCUT2D eigenvalue weighted by Gasteiger charge is -2.17. The van der Waals surface area contributed by atoms with E-state index >= 15 is 0 Å². The maximum absolute atomic E-state index is 11.5. The van der Waals surface area contributed by atoms with Crippen LogP contribution in [0.25, 0.3) is 0 Å². The van der Waals surface area contributed by atoms with Gasteiger partial charge in [0.05, 0.1) is 5.60 Å². The third kappa shape index (κ3) is 17.4. The maximum atomic E-state index is 11.5. The van der Waals surface area contributed by atoms with E-state index < -0.39 is 5.60 Å². The molecule has 3 nitrogen and oxygen atoms in total. The highest BCUT2D eigenvalue weighted by Gasteiger charge is 2.13. The second-order valence-corrected chi connectivity index (χ2v) is 6.87. The molecule has 0 rings (SSSR count). The number of carbonyl (C=O) groups excluding carboxylic acids is 1.